The Kier molecular flexibility index (Phi) is 5.44. The van der Waals surface area contributed by atoms with Gasteiger partial charge in [-0.2, -0.15) is 0 Å². The van der Waals surface area contributed by atoms with E-state index in [0.29, 0.717) is 31.0 Å². The number of ether oxygens (including phenoxy) is 1. The van der Waals surface area contributed by atoms with E-state index in [9.17, 15) is 14.7 Å². The number of piperidine rings is 1. The fourth-order valence-electron chi connectivity index (χ4n) is 3.56. The fourth-order valence-corrected chi connectivity index (χ4v) is 3.67. The monoisotopic (exact) mass is 367 g/mol. The summed E-state index contributed by atoms with van der Waals surface area (Å²) in [5.74, 6) is 0.156. The summed E-state index contributed by atoms with van der Waals surface area (Å²) in [5.41, 5.74) is 0. The maximum atomic E-state index is 12.8. The highest BCUT2D eigenvalue weighted by Crippen LogP contribution is 2.28. The molecule has 0 unspecified atom stereocenters. The number of aromatic nitrogens is 1. The van der Waals surface area contributed by atoms with E-state index in [1.807, 2.05) is 6.07 Å². The Morgan fingerprint density at radius 3 is 2.64 bits per heavy atom. The van der Waals surface area contributed by atoms with Crippen LogP contribution in [0.25, 0.3) is 0 Å². The number of halogens is 1. The van der Waals surface area contributed by atoms with Gasteiger partial charge in [-0.15, -0.1) is 0 Å². The van der Waals surface area contributed by atoms with Gasteiger partial charge in [0.15, 0.2) is 0 Å². The molecule has 2 atom stereocenters. The second kappa shape index (κ2) is 7.58. The molecule has 7 nitrogen and oxygen atoms in total. The van der Waals surface area contributed by atoms with Gasteiger partial charge in [0.2, 0.25) is 5.91 Å². The second-order valence-corrected chi connectivity index (χ2v) is 6.95. The average Bonchev–Trinajstić information content (AvgIpc) is 3.03. The number of likely N-dealkylation sites (tertiary alicyclic amines) is 1. The smallest absolute Gasteiger partial charge is 0.328 e. The predicted molar refractivity (Wildman–Crippen MR) is 92.3 cm³/mol. The molecule has 1 aromatic rings. The number of aliphatic hydroxyl groups excluding tert-OH is 1. The van der Waals surface area contributed by atoms with E-state index in [0.717, 1.165) is 5.82 Å². The van der Waals surface area contributed by atoms with Crippen molar-refractivity contribution in [2.24, 2.45) is 5.92 Å². The molecular formula is C17H22ClN3O4. The lowest BCUT2D eigenvalue weighted by Gasteiger charge is -2.34. The van der Waals surface area contributed by atoms with Crippen LogP contribution in [0.1, 0.15) is 19.3 Å². The van der Waals surface area contributed by atoms with Crippen LogP contribution in [0.3, 0.4) is 0 Å². The van der Waals surface area contributed by atoms with Crippen molar-refractivity contribution in [2.45, 2.75) is 31.4 Å². The van der Waals surface area contributed by atoms with E-state index >= 15 is 0 Å². The highest BCUT2D eigenvalue weighted by molar-refractivity contribution is 6.30. The van der Waals surface area contributed by atoms with Crippen molar-refractivity contribution >= 4 is 29.3 Å². The Labute approximate surface area is 151 Å². The number of rotatable bonds is 3. The number of esters is 1. The van der Waals surface area contributed by atoms with Crippen LogP contribution in [-0.2, 0) is 14.3 Å². The molecule has 0 aromatic carbocycles. The number of anilines is 1. The highest BCUT2D eigenvalue weighted by Gasteiger charge is 2.42. The molecule has 0 spiro atoms. The average molecular weight is 368 g/mol. The number of carbonyl (C=O) groups is 2. The van der Waals surface area contributed by atoms with Crippen LogP contribution in [0.5, 0.6) is 0 Å². The third kappa shape index (κ3) is 3.88. The molecular weight excluding hydrogens is 346 g/mol. The Balaban J connectivity index is 1.61. The number of hydrogen-bond acceptors (Lipinski definition) is 6. The van der Waals surface area contributed by atoms with Crippen molar-refractivity contribution in [2.75, 3.05) is 31.6 Å². The summed E-state index contributed by atoms with van der Waals surface area (Å²) < 4.78 is 4.76. The highest BCUT2D eigenvalue weighted by atomic mass is 35.5. The molecule has 0 aliphatic carbocycles. The maximum absolute atomic E-state index is 12.8. The summed E-state index contributed by atoms with van der Waals surface area (Å²) in [7, 11) is 1.30. The van der Waals surface area contributed by atoms with Crippen LogP contribution < -0.4 is 4.90 Å². The maximum Gasteiger partial charge on any atom is 0.328 e. The van der Waals surface area contributed by atoms with E-state index in [1.54, 1.807) is 12.3 Å². The summed E-state index contributed by atoms with van der Waals surface area (Å²) in [6.07, 6.45) is 2.55. The van der Waals surface area contributed by atoms with Crippen molar-refractivity contribution in [1.82, 2.24) is 9.88 Å². The Morgan fingerprint density at radius 1 is 1.32 bits per heavy atom. The Hall–Kier alpha value is -1.86. The van der Waals surface area contributed by atoms with Gasteiger partial charge in [0.05, 0.1) is 18.2 Å². The lowest BCUT2D eigenvalue weighted by molar-refractivity contribution is -0.152. The number of pyridine rings is 1. The van der Waals surface area contributed by atoms with Gasteiger partial charge in [0, 0.05) is 38.2 Å². The fraction of sp³-hybridized carbons (Fsp3) is 0.588. The van der Waals surface area contributed by atoms with E-state index in [1.165, 1.54) is 12.0 Å². The van der Waals surface area contributed by atoms with Crippen molar-refractivity contribution in [1.29, 1.82) is 0 Å². The van der Waals surface area contributed by atoms with Gasteiger partial charge in [-0.25, -0.2) is 9.78 Å². The van der Waals surface area contributed by atoms with Crippen LogP contribution in [0, 0.1) is 5.92 Å². The van der Waals surface area contributed by atoms with Crippen molar-refractivity contribution < 1.29 is 19.4 Å². The van der Waals surface area contributed by atoms with Crippen molar-refractivity contribution in [3.05, 3.63) is 23.4 Å². The number of hydrogen-bond donors (Lipinski definition) is 1. The number of nitrogens with zero attached hydrogens (tertiary/aromatic N) is 3. The molecule has 2 aliphatic heterocycles. The molecule has 2 saturated heterocycles. The lowest BCUT2D eigenvalue weighted by atomic mass is 9.95. The topological polar surface area (TPSA) is 83.0 Å². The zero-order chi connectivity index (χ0) is 18.0. The van der Waals surface area contributed by atoms with Crippen LogP contribution in [0.2, 0.25) is 5.02 Å². The Morgan fingerprint density at radius 2 is 2.04 bits per heavy atom. The summed E-state index contributed by atoms with van der Waals surface area (Å²) in [5, 5.41) is 10.4. The minimum absolute atomic E-state index is 0.0735. The van der Waals surface area contributed by atoms with E-state index in [2.05, 4.69) is 9.88 Å². The first-order chi connectivity index (χ1) is 12.0. The van der Waals surface area contributed by atoms with Crippen LogP contribution in [-0.4, -0.2) is 65.8 Å². The summed E-state index contributed by atoms with van der Waals surface area (Å²) in [6, 6.07) is 2.99. The molecule has 2 aliphatic rings. The standard InChI is InChI=1S/C17H22ClN3O4/c1-25-17(24)14-8-13(22)10-21(14)16(23)11-4-6-20(7-5-11)15-3-2-12(18)9-19-15/h2-3,9,11,13-14,22H,4-8,10H2,1H3/t13-,14-/m0/s1. The first-order valence-corrected chi connectivity index (χ1v) is 8.80. The van der Waals surface area contributed by atoms with Gasteiger partial charge in [-0.05, 0) is 25.0 Å². The lowest BCUT2D eigenvalue weighted by Crippen LogP contribution is -2.47. The molecule has 2 fully saturated rings. The molecule has 25 heavy (non-hydrogen) atoms. The molecule has 1 aromatic heterocycles. The number of carbonyl (C=O) groups excluding carboxylic acids is 2. The molecule has 1 N–H and O–H groups in total. The number of aliphatic hydroxyl groups is 1. The molecule has 136 valence electrons. The van der Waals surface area contributed by atoms with E-state index in [-0.39, 0.29) is 24.8 Å². The molecule has 0 saturated carbocycles. The first kappa shape index (κ1) is 17.9. The van der Waals surface area contributed by atoms with Crippen LogP contribution in [0.4, 0.5) is 5.82 Å². The third-order valence-electron chi connectivity index (χ3n) is 4.92. The zero-order valence-electron chi connectivity index (χ0n) is 14.1. The molecule has 3 heterocycles. The molecule has 3 rings (SSSR count). The number of amides is 1. The van der Waals surface area contributed by atoms with Crippen molar-refractivity contribution in [3.63, 3.8) is 0 Å². The number of methoxy groups -OCH3 is 1. The quantitative estimate of drug-likeness (QED) is 0.805. The molecule has 0 radical (unpaired) electrons. The van der Waals surface area contributed by atoms with Gasteiger partial charge in [-0.1, -0.05) is 11.6 Å². The summed E-state index contributed by atoms with van der Waals surface area (Å²) in [4.78, 5) is 32.6. The summed E-state index contributed by atoms with van der Waals surface area (Å²) in [6.45, 7) is 1.62. The normalized spacial score (nSPS) is 24.4. The third-order valence-corrected chi connectivity index (χ3v) is 5.14. The van der Waals surface area contributed by atoms with Crippen molar-refractivity contribution in [3.8, 4) is 0 Å². The van der Waals surface area contributed by atoms with Gasteiger partial charge < -0.3 is 19.6 Å². The molecule has 0 bridgehead atoms. The second-order valence-electron chi connectivity index (χ2n) is 6.52. The van der Waals surface area contributed by atoms with Gasteiger partial charge >= 0.3 is 5.97 Å². The molecule has 1 amide bonds. The van der Waals surface area contributed by atoms with E-state index < -0.39 is 18.1 Å². The van der Waals surface area contributed by atoms with Crippen LogP contribution in [0.15, 0.2) is 18.3 Å². The van der Waals surface area contributed by atoms with Gasteiger partial charge in [0.1, 0.15) is 11.9 Å². The number of β-amino-alcohol motifs (C(OH)–C–C–N with tert-alkyl or cyclic N) is 1. The predicted octanol–water partition coefficient (Wildman–Crippen LogP) is 1.09. The first-order valence-electron chi connectivity index (χ1n) is 8.42. The van der Waals surface area contributed by atoms with E-state index in [4.69, 9.17) is 16.3 Å². The van der Waals surface area contributed by atoms with Gasteiger partial charge in [-0.3, -0.25) is 4.79 Å². The van der Waals surface area contributed by atoms with Crippen LogP contribution >= 0.6 is 11.6 Å². The zero-order valence-corrected chi connectivity index (χ0v) is 14.9. The SMILES string of the molecule is COC(=O)[C@@H]1C[C@H](O)CN1C(=O)C1CCN(c2ccc(Cl)cn2)CC1. The summed E-state index contributed by atoms with van der Waals surface area (Å²) >= 11 is 5.86. The minimum Gasteiger partial charge on any atom is -0.467 e. The minimum atomic E-state index is -0.677. The largest absolute Gasteiger partial charge is 0.467 e. The molecule has 8 heteroatoms. The Bertz CT molecular complexity index is 631. The van der Waals surface area contributed by atoms with Gasteiger partial charge in [0.25, 0.3) is 0 Å².